The van der Waals surface area contributed by atoms with Gasteiger partial charge in [0.05, 0.1) is 0 Å². The third-order valence-electron chi connectivity index (χ3n) is 1.84. The second-order valence-corrected chi connectivity index (χ2v) is 4.23. The molecule has 0 saturated heterocycles. The van der Waals surface area contributed by atoms with E-state index < -0.39 is 0 Å². The Bertz CT molecular complexity index is 204. The van der Waals surface area contributed by atoms with Crippen molar-refractivity contribution < 1.29 is 0 Å². The molecule has 0 spiro atoms. The summed E-state index contributed by atoms with van der Waals surface area (Å²) in [6.45, 7) is 7.94. The number of hydrogen-bond donors (Lipinski definition) is 4. The van der Waals surface area contributed by atoms with E-state index in [9.17, 15) is 0 Å². The van der Waals surface area contributed by atoms with Crippen LogP contribution in [0.1, 0.15) is 33.6 Å². The first-order valence-electron chi connectivity index (χ1n) is 5.43. The molecule has 4 N–H and O–H groups in total. The van der Waals surface area contributed by atoms with Gasteiger partial charge >= 0.3 is 0 Å². The maximum absolute atomic E-state index is 7.42. The molecule has 4 nitrogen and oxygen atoms in total. The molecule has 0 saturated carbocycles. The van der Waals surface area contributed by atoms with E-state index in [1.165, 1.54) is 6.42 Å². The Morgan fingerprint density at radius 1 is 1.33 bits per heavy atom. The second kappa shape index (κ2) is 8.47. The van der Waals surface area contributed by atoms with Crippen LogP contribution in [0, 0.1) is 11.3 Å². The quantitative estimate of drug-likeness (QED) is 0.250. The van der Waals surface area contributed by atoms with E-state index in [1.807, 2.05) is 6.92 Å². The van der Waals surface area contributed by atoms with Crippen molar-refractivity contribution in [1.29, 1.82) is 5.41 Å². The van der Waals surface area contributed by atoms with Crippen LogP contribution in [0.4, 0.5) is 0 Å². The molecule has 0 radical (unpaired) electrons. The summed E-state index contributed by atoms with van der Waals surface area (Å²) < 4.78 is 0. The lowest BCUT2D eigenvalue weighted by Gasteiger charge is -2.12. The van der Waals surface area contributed by atoms with Crippen molar-refractivity contribution in [2.75, 3.05) is 13.1 Å². The van der Waals surface area contributed by atoms with Crippen molar-refractivity contribution in [3.8, 4) is 0 Å². The van der Waals surface area contributed by atoms with Crippen LogP contribution >= 0.6 is 12.2 Å². The summed E-state index contributed by atoms with van der Waals surface area (Å²) in [6, 6.07) is 0. The van der Waals surface area contributed by atoms with Crippen LogP contribution in [-0.2, 0) is 0 Å². The second-order valence-electron chi connectivity index (χ2n) is 3.82. The first-order valence-corrected chi connectivity index (χ1v) is 5.84. The van der Waals surface area contributed by atoms with Crippen molar-refractivity contribution in [3.63, 3.8) is 0 Å². The van der Waals surface area contributed by atoms with Crippen molar-refractivity contribution in [2.45, 2.75) is 33.6 Å². The highest BCUT2D eigenvalue weighted by molar-refractivity contribution is 7.80. The van der Waals surface area contributed by atoms with E-state index in [1.54, 1.807) is 0 Å². The average Bonchev–Trinajstić information content (AvgIpc) is 2.12. The first-order chi connectivity index (χ1) is 7.06. The van der Waals surface area contributed by atoms with Crippen LogP contribution in [0.15, 0.2) is 0 Å². The van der Waals surface area contributed by atoms with E-state index in [0.717, 1.165) is 25.4 Å². The Labute approximate surface area is 97.7 Å². The summed E-state index contributed by atoms with van der Waals surface area (Å²) in [4.78, 5) is 0. The zero-order chi connectivity index (χ0) is 11.7. The SMILES string of the molecule is CCNC(=N)NC(=S)NCCCC(C)C. The molecule has 0 amide bonds. The van der Waals surface area contributed by atoms with E-state index in [-0.39, 0.29) is 5.96 Å². The van der Waals surface area contributed by atoms with E-state index >= 15 is 0 Å². The molecule has 0 aromatic heterocycles. The smallest absolute Gasteiger partial charge is 0.194 e. The Morgan fingerprint density at radius 3 is 2.53 bits per heavy atom. The average molecular weight is 230 g/mol. The number of guanidine groups is 1. The molecule has 0 heterocycles. The van der Waals surface area contributed by atoms with Crippen molar-refractivity contribution >= 4 is 23.3 Å². The number of rotatable bonds is 5. The molecular weight excluding hydrogens is 208 g/mol. The number of thiocarbonyl (C=S) groups is 1. The standard InChI is InChI=1S/C10H22N4S/c1-4-12-9(11)14-10(15)13-7-5-6-8(2)3/h8H,4-7H2,1-3H3,(H4,11,12,13,14,15). The lowest BCUT2D eigenvalue weighted by atomic mass is 10.1. The van der Waals surface area contributed by atoms with Gasteiger partial charge < -0.3 is 16.0 Å². The van der Waals surface area contributed by atoms with E-state index in [4.69, 9.17) is 17.6 Å². The number of hydrogen-bond acceptors (Lipinski definition) is 2. The summed E-state index contributed by atoms with van der Waals surface area (Å²) in [5.74, 6) is 0.979. The highest BCUT2D eigenvalue weighted by Crippen LogP contribution is 2.01. The molecule has 0 rings (SSSR count). The van der Waals surface area contributed by atoms with Crippen LogP contribution < -0.4 is 16.0 Å². The molecule has 0 aliphatic rings. The fourth-order valence-corrected chi connectivity index (χ4v) is 1.30. The molecule has 0 aromatic rings. The van der Waals surface area contributed by atoms with Gasteiger partial charge in [-0.1, -0.05) is 13.8 Å². The monoisotopic (exact) mass is 230 g/mol. The Balaban J connectivity index is 3.45. The van der Waals surface area contributed by atoms with Gasteiger partial charge in [-0.05, 0) is 37.9 Å². The normalized spacial score (nSPS) is 9.87. The molecule has 0 unspecified atom stereocenters. The van der Waals surface area contributed by atoms with Crippen LogP contribution in [-0.4, -0.2) is 24.2 Å². The molecule has 5 heteroatoms. The molecule has 0 atom stereocenters. The molecule has 0 aliphatic heterocycles. The minimum absolute atomic E-state index is 0.249. The third kappa shape index (κ3) is 9.46. The lowest BCUT2D eigenvalue weighted by Crippen LogP contribution is -2.45. The minimum atomic E-state index is 0.249. The maximum Gasteiger partial charge on any atom is 0.194 e. The van der Waals surface area contributed by atoms with Crippen molar-refractivity contribution in [2.24, 2.45) is 5.92 Å². The van der Waals surface area contributed by atoms with Gasteiger partial charge in [0.25, 0.3) is 0 Å². The van der Waals surface area contributed by atoms with Crippen molar-refractivity contribution in [1.82, 2.24) is 16.0 Å². The minimum Gasteiger partial charge on any atom is -0.362 e. The summed E-state index contributed by atoms with van der Waals surface area (Å²) in [6.07, 6.45) is 2.30. The van der Waals surface area contributed by atoms with Crippen LogP contribution in [0.25, 0.3) is 0 Å². The summed E-state index contributed by atoms with van der Waals surface area (Å²) in [5.41, 5.74) is 0. The summed E-state index contributed by atoms with van der Waals surface area (Å²) in [5, 5.41) is 16.6. The number of nitrogens with one attached hydrogen (secondary N) is 4. The van der Waals surface area contributed by atoms with Gasteiger partial charge in [-0.25, -0.2) is 0 Å². The van der Waals surface area contributed by atoms with Gasteiger partial charge in [0, 0.05) is 13.1 Å². The molecule has 0 aromatic carbocycles. The topological polar surface area (TPSA) is 59.9 Å². The third-order valence-corrected chi connectivity index (χ3v) is 2.08. The fourth-order valence-electron chi connectivity index (χ4n) is 1.09. The lowest BCUT2D eigenvalue weighted by molar-refractivity contribution is 0.551. The Morgan fingerprint density at radius 2 is 2.00 bits per heavy atom. The Hall–Kier alpha value is -0.840. The van der Waals surface area contributed by atoms with Crippen LogP contribution in [0.2, 0.25) is 0 Å². The largest absolute Gasteiger partial charge is 0.362 e. The molecule has 88 valence electrons. The van der Waals surface area contributed by atoms with Crippen LogP contribution in [0.5, 0.6) is 0 Å². The highest BCUT2D eigenvalue weighted by atomic mass is 32.1. The zero-order valence-corrected chi connectivity index (χ0v) is 10.6. The van der Waals surface area contributed by atoms with Gasteiger partial charge in [0.15, 0.2) is 11.1 Å². The Kier molecular flexibility index (Phi) is 7.99. The fraction of sp³-hybridized carbons (Fsp3) is 0.800. The summed E-state index contributed by atoms with van der Waals surface area (Å²) >= 11 is 5.02. The van der Waals surface area contributed by atoms with Crippen LogP contribution in [0.3, 0.4) is 0 Å². The van der Waals surface area contributed by atoms with E-state index in [0.29, 0.717) is 5.11 Å². The van der Waals surface area contributed by atoms with Gasteiger partial charge in [0.2, 0.25) is 0 Å². The van der Waals surface area contributed by atoms with Gasteiger partial charge in [0.1, 0.15) is 0 Å². The van der Waals surface area contributed by atoms with Crippen molar-refractivity contribution in [3.05, 3.63) is 0 Å². The molecule has 15 heavy (non-hydrogen) atoms. The summed E-state index contributed by atoms with van der Waals surface area (Å²) in [7, 11) is 0. The molecular formula is C10H22N4S. The van der Waals surface area contributed by atoms with Gasteiger partial charge in [-0.3, -0.25) is 5.41 Å². The predicted octanol–water partition coefficient (Wildman–Crippen LogP) is 1.43. The van der Waals surface area contributed by atoms with E-state index in [2.05, 4.69) is 29.8 Å². The molecule has 0 bridgehead atoms. The highest BCUT2D eigenvalue weighted by Gasteiger charge is 1.98. The first kappa shape index (κ1) is 14.2. The predicted molar refractivity (Wildman–Crippen MR) is 69.2 cm³/mol. The molecule has 0 aliphatic carbocycles. The maximum atomic E-state index is 7.42. The zero-order valence-electron chi connectivity index (χ0n) is 9.81. The van der Waals surface area contributed by atoms with Gasteiger partial charge in [-0.15, -0.1) is 0 Å². The van der Waals surface area contributed by atoms with Gasteiger partial charge in [-0.2, -0.15) is 0 Å². The molecule has 0 fully saturated rings.